The maximum Gasteiger partial charge on any atom is 0.344 e. The van der Waals surface area contributed by atoms with Gasteiger partial charge >= 0.3 is 5.97 Å². The molecule has 1 aliphatic carbocycles. The molecule has 7 nitrogen and oxygen atoms in total. The molecule has 30 heavy (non-hydrogen) atoms. The molecular weight excluding hydrogens is 386 g/mol. The average molecular weight is 411 g/mol. The normalized spacial score (nSPS) is 15.1. The van der Waals surface area contributed by atoms with Gasteiger partial charge in [0.2, 0.25) is 5.75 Å². The molecule has 1 aliphatic heterocycles. The molecule has 2 aromatic carbocycles. The highest BCUT2D eigenvalue weighted by atomic mass is 16.6. The first-order valence-electron chi connectivity index (χ1n) is 10.1. The minimum absolute atomic E-state index is 0.102. The van der Waals surface area contributed by atoms with Crippen molar-refractivity contribution < 1.29 is 28.5 Å². The molecule has 1 heterocycles. The van der Waals surface area contributed by atoms with Crippen molar-refractivity contribution in [3.8, 4) is 28.4 Å². The third kappa shape index (κ3) is 3.79. The lowest BCUT2D eigenvalue weighted by Gasteiger charge is -2.24. The second-order valence-electron chi connectivity index (χ2n) is 7.46. The van der Waals surface area contributed by atoms with E-state index in [4.69, 9.17) is 18.9 Å². The maximum atomic E-state index is 12.2. The zero-order chi connectivity index (χ0) is 21.1. The summed E-state index contributed by atoms with van der Waals surface area (Å²) in [5.41, 5.74) is 3.07. The average Bonchev–Trinajstić information content (AvgIpc) is 3.11. The molecule has 158 valence electrons. The summed E-state index contributed by atoms with van der Waals surface area (Å²) < 4.78 is 22.2. The standard InChI is InChI=1S/C23H25NO6/c1-27-19-10-9-16(15-7-4-8-17-18(15)11-24-23(17)26)21(22(19)28-2)30-13-20(25)29-12-14-5-3-6-14/h4,7-10,14H,3,5-6,11-13H2,1-2H3,(H,24,26). The summed E-state index contributed by atoms with van der Waals surface area (Å²) in [4.78, 5) is 24.3. The van der Waals surface area contributed by atoms with Gasteiger partial charge in [-0.05, 0) is 48.1 Å². The molecule has 0 radical (unpaired) electrons. The van der Waals surface area contributed by atoms with E-state index >= 15 is 0 Å². The molecule has 0 bridgehead atoms. The highest BCUT2D eigenvalue weighted by Gasteiger charge is 2.26. The SMILES string of the molecule is COc1ccc(-c2cccc3c2CNC3=O)c(OCC(=O)OCC2CCC2)c1OC. The number of nitrogens with one attached hydrogen (secondary N) is 1. The van der Waals surface area contributed by atoms with Gasteiger partial charge in [0.15, 0.2) is 18.1 Å². The number of rotatable bonds is 8. The number of carbonyl (C=O) groups excluding carboxylic acids is 2. The molecule has 1 saturated carbocycles. The molecule has 0 unspecified atom stereocenters. The lowest BCUT2D eigenvalue weighted by Crippen LogP contribution is -2.23. The summed E-state index contributed by atoms with van der Waals surface area (Å²) >= 11 is 0. The topological polar surface area (TPSA) is 83.1 Å². The second-order valence-corrected chi connectivity index (χ2v) is 7.46. The maximum absolute atomic E-state index is 12.2. The summed E-state index contributed by atoms with van der Waals surface area (Å²) in [5.74, 6) is 1.19. The van der Waals surface area contributed by atoms with Gasteiger partial charge in [-0.1, -0.05) is 18.6 Å². The van der Waals surface area contributed by atoms with E-state index in [1.807, 2.05) is 18.2 Å². The lowest BCUT2D eigenvalue weighted by atomic mass is 9.86. The third-order valence-corrected chi connectivity index (χ3v) is 5.68. The molecule has 1 amide bonds. The number of hydrogen-bond donors (Lipinski definition) is 1. The molecule has 2 aliphatic rings. The van der Waals surface area contributed by atoms with Gasteiger partial charge in [-0.25, -0.2) is 4.79 Å². The summed E-state index contributed by atoms with van der Waals surface area (Å²) in [6.07, 6.45) is 3.41. The van der Waals surface area contributed by atoms with E-state index in [-0.39, 0.29) is 12.5 Å². The molecular formula is C23H25NO6. The predicted molar refractivity (Wildman–Crippen MR) is 110 cm³/mol. The van der Waals surface area contributed by atoms with Crippen molar-refractivity contribution in [1.82, 2.24) is 5.32 Å². The molecule has 0 spiro atoms. The molecule has 0 aromatic heterocycles. The monoisotopic (exact) mass is 411 g/mol. The van der Waals surface area contributed by atoms with Gasteiger partial charge in [-0.3, -0.25) is 4.79 Å². The van der Waals surface area contributed by atoms with Crippen molar-refractivity contribution in [2.45, 2.75) is 25.8 Å². The van der Waals surface area contributed by atoms with Crippen molar-refractivity contribution >= 4 is 11.9 Å². The van der Waals surface area contributed by atoms with E-state index < -0.39 is 5.97 Å². The summed E-state index contributed by atoms with van der Waals surface area (Å²) in [6, 6.07) is 9.16. The van der Waals surface area contributed by atoms with Gasteiger partial charge in [0.05, 0.1) is 20.8 Å². The van der Waals surface area contributed by atoms with Gasteiger partial charge in [-0.2, -0.15) is 0 Å². The third-order valence-electron chi connectivity index (χ3n) is 5.68. The van der Waals surface area contributed by atoms with Crippen molar-refractivity contribution in [2.24, 2.45) is 5.92 Å². The molecule has 0 atom stereocenters. The van der Waals surface area contributed by atoms with E-state index in [1.165, 1.54) is 20.6 Å². The highest BCUT2D eigenvalue weighted by molar-refractivity contribution is 6.01. The van der Waals surface area contributed by atoms with Crippen LogP contribution in [0.15, 0.2) is 30.3 Å². The number of esters is 1. The number of fused-ring (bicyclic) bond motifs is 1. The molecule has 7 heteroatoms. The summed E-state index contributed by atoms with van der Waals surface area (Å²) in [5, 5.41) is 2.84. The first kappa shape index (κ1) is 20.1. The van der Waals surface area contributed by atoms with Crippen molar-refractivity contribution in [1.29, 1.82) is 0 Å². The van der Waals surface area contributed by atoms with E-state index in [0.717, 1.165) is 24.0 Å². The van der Waals surface area contributed by atoms with Crippen LogP contribution in [0.1, 0.15) is 35.2 Å². The van der Waals surface area contributed by atoms with E-state index in [9.17, 15) is 9.59 Å². The number of amides is 1. The van der Waals surface area contributed by atoms with Crippen LogP contribution in [0.3, 0.4) is 0 Å². The first-order valence-corrected chi connectivity index (χ1v) is 10.1. The van der Waals surface area contributed by atoms with Gasteiger partial charge < -0.3 is 24.3 Å². The fraction of sp³-hybridized carbons (Fsp3) is 0.391. The van der Waals surface area contributed by atoms with Crippen LogP contribution in [0.2, 0.25) is 0 Å². The Morgan fingerprint density at radius 3 is 2.53 bits per heavy atom. The van der Waals surface area contributed by atoms with Crippen LogP contribution >= 0.6 is 0 Å². The Hall–Kier alpha value is -3.22. The van der Waals surface area contributed by atoms with Crippen LogP contribution in [-0.4, -0.2) is 39.3 Å². The zero-order valence-electron chi connectivity index (χ0n) is 17.2. The summed E-state index contributed by atoms with van der Waals surface area (Å²) in [6.45, 7) is 0.626. The Morgan fingerprint density at radius 1 is 1.03 bits per heavy atom. The van der Waals surface area contributed by atoms with Crippen LogP contribution in [0, 0.1) is 5.92 Å². The number of methoxy groups -OCH3 is 2. The Balaban J connectivity index is 1.64. The van der Waals surface area contributed by atoms with Crippen LogP contribution in [-0.2, 0) is 16.1 Å². The van der Waals surface area contributed by atoms with Gasteiger partial charge in [-0.15, -0.1) is 0 Å². The van der Waals surface area contributed by atoms with E-state index in [0.29, 0.717) is 47.4 Å². The predicted octanol–water partition coefficient (Wildman–Crippen LogP) is 3.34. The lowest BCUT2D eigenvalue weighted by molar-refractivity contribution is -0.148. The molecule has 0 saturated heterocycles. The van der Waals surface area contributed by atoms with Crippen LogP contribution in [0.5, 0.6) is 17.2 Å². The minimum Gasteiger partial charge on any atom is -0.493 e. The van der Waals surface area contributed by atoms with Crippen molar-refractivity contribution in [2.75, 3.05) is 27.4 Å². The summed E-state index contributed by atoms with van der Waals surface area (Å²) in [7, 11) is 3.06. The zero-order valence-corrected chi connectivity index (χ0v) is 17.2. The van der Waals surface area contributed by atoms with Crippen molar-refractivity contribution in [3.05, 3.63) is 41.5 Å². The Labute approximate surface area is 175 Å². The number of hydrogen-bond acceptors (Lipinski definition) is 6. The van der Waals surface area contributed by atoms with Crippen LogP contribution in [0.4, 0.5) is 0 Å². The second kappa shape index (κ2) is 8.65. The number of carbonyl (C=O) groups is 2. The minimum atomic E-state index is -0.423. The largest absolute Gasteiger partial charge is 0.493 e. The van der Waals surface area contributed by atoms with Gasteiger partial charge in [0.1, 0.15) is 0 Å². The Kier molecular flexibility index (Phi) is 5.79. The Morgan fingerprint density at radius 2 is 1.83 bits per heavy atom. The Bertz CT molecular complexity index is 966. The highest BCUT2D eigenvalue weighted by Crippen LogP contribution is 2.46. The van der Waals surface area contributed by atoms with Gasteiger partial charge in [0.25, 0.3) is 5.91 Å². The van der Waals surface area contributed by atoms with Crippen LogP contribution < -0.4 is 19.5 Å². The van der Waals surface area contributed by atoms with E-state index in [2.05, 4.69) is 5.32 Å². The molecule has 2 aromatic rings. The fourth-order valence-corrected chi connectivity index (χ4v) is 3.80. The smallest absolute Gasteiger partial charge is 0.344 e. The number of ether oxygens (including phenoxy) is 4. The fourth-order valence-electron chi connectivity index (χ4n) is 3.80. The quantitative estimate of drug-likeness (QED) is 0.671. The van der Waals surface area contributed by atoms with E-state index in [1.54, 1.807) is 12.1 Å². The molecule has 4 rings (SSSR count). The van der Waals surface area contributed by atoms with Gasteiger partial charge in [0, 0.05) is 17.7 Å². The number of benzene rings is 2. The van der Waals surface area contributed by atoms with Crippen molar-refractivity contribution in [3.63, 3.8) is 0 Å². The first-order chi connectivity index (χ1) is 14.6. The molecule has 1 fully saturated rings. The molecule has 1 N–H and O–H groups in total. The van der Waals surface area contributed by atoms with Crippen LogP contribution in [0.25, 0.3) is 11.1 Å².